The van der Waals surface area contributed by atoms with Crippen molar-refractivity contribution in [2.24, 2.45) is 0 Å². The van der Waals surface area contributed by atoms with Gasteiger partial charge in [-0.15, -0.1) is 0 Å². The summed E-state index contributed by atoms with van der Waals surface area (Å²) in [5.74, 6) is 1.79. The van der Waals surface area contributed by atoms with E-state index >= 15 is 0 Å². The first-order valence-electron chi connectivity index (χ1n) is 11.5. The normalized spacial score (nSPS) is 17.3. The second kappa shape index (κ2) is 9.03. The van der Waals surface area contributed by atoms with Crippen molar-refractivity contribution in [2.45, 2.75) is 25.5 Å². The summed E-state index contributed by atoms with van der Waals surface area (Å²) in [6, 6.07) is 36.0. The minimum absolute atomic E-state index is 0.306. The van der Waals surface area contributed by atoms with E-state index in [4.69, 9.17) is 9.47 Å². The van der Waals surface area contributed by atoms with Crippen molar-refractivity contribution >= 4 is 5.69 Å². The van der Waals surface area contributed by atoms with Gasteiger partial charge < -0.3 is 14.4 Å². The first-order chi connectivity index (χ1) is 16.2. The average Bonchev–Trinajstić information content (AvgIpc) is 2.89. The summed E-state index contributed by atoms with van der Waals surface area (Å²) in [7, 11) is 1.73. The van der Waals surface area contributed by atoms with Crippen molar-refractivity contribution in [3.63, 3.8) is 0 Å². The van der Waals surface area contributed by atoms with E-state index in [1.54, 1.807) is 7.11 Å². The number of hydrogen-bond acceptors (Lipinski definition) is 3. The predicted octanol–water partition coefficient (Wildman–Crippen LogP) is 6.60. The van der Waals surface area contributed by atoms with E-state index in [0.717, 1.165) is 24.5 Å². The summed E-state index contributed by atoms with van der Waals surface area (Å²) in [6.07, 6.45) is 0.981. The summed E-state index contributed by atoms with van der Waals surface area (Å²) < 4.78 is 11.6. The molecule has 0 bridgehead atoms. The molecule has 33 heavy (non-hydrogen) atoms. The highest BCUT2D eigenvalue weighted by Gasteiger charge is 2.40. The third-order valence-corrected chi connectivity index (χ3v) is 6.71. The van der Waals surface area contributed by atoms with Crippen LogP contribution in [0.5, 0.6) is 11.5 Å². The van der Waals surface area contributed by atoms with E-state index in [-0.39, 0.29) is 5.54 Å². The van der Waals surface area contributed by atoms with Gasteiger partial charge in [0.1, 0.15) is 18.1 Å². The number of fused-ring (bicyclic) bond motifs is 1. The highest BCUT2D eigenvalue weighted by atomic mass is 16.5. The molecule has 0 N–H and O–H groups in total. The number of nitrogens with zero attached hydrogens (tertiary/aromatic N) is 1. The van der Waals surface area contributed by atoms with Crippen LogP contribution in [-0.2, 0) is 18.6 Å². The summed E-state index contributed by atoms with van der Waals surface area (Å²) in [5.41, 5.74) is 5.98. The second-order valence-electron chi connectivity index (χ2n) is 8.63. The molecule has 0 spiro atoms. The van der Waals surface area contributed by atoms with Gasteiger partial charge in [0, 0.05) is 12.2 Å². The Balaban J connectivity index is 1.51. The monoisotopic (exact) mass is 435 g/mol. The molecule has 1 atom stereocenters. The molecule has 0 fully saturated rings. The van der Waals surface area contributed by atoms with Crippen LogP contribution >= 0.6 is 0 Å². The highest BCUT2D eigenvalue weighted by molar-refractivity contribution is 5.60. The van der Waals surface area contributed by atoms with Crippen LogP contribution in [0, 0.1) is 0 Å². The maximum absolute atomic E-state index is 6.05. The predicted molar refractivity (Wildman–Crippen MR) is 134 cm³/mol. The number of methoxy groups -OCH3 is 1. The number of benzene rings is 4. The van der Waals surface area contributed by atoms with Gasteiger partial charge in [0.2, 0.25) is 0 Å². The largest absolute Gasteiger partial charge is 0.497 e. The van der Waals surface area contributed by atoms with Crippen LogP contribution in [0.2, 0.25) is 0 Å². The fraction of sp³-hybridized carbons (Fsp3) is 0.200. The van der Waals surface area contributed by atoms with E-state index < -0.39 is 0 Å². The van der Waals surface area contributed by atoms with Crippen LogP contribution < -0.4 is 14.4 Å². The minimum Gasteiger partial charge on any atom is -0.497 e. The summed E-state index contributed by atoms with van der Waals surface area (Å²) in [5, 5.41) is 0. The number of rotatable bonds is 6. The Labute approximate surface area is 196 Å². The number of hydrogen-bond donors (Lipinski definition) is 0. The molecule has 0 amide bonds. The molecule has 0 aliphatic carbocycles. The van der Waals surface area contributed by atoms with Crippen molar-refractivity contribution in [3.8, 4) is 11.5 Å². The SMILES string of the molecule is COc1ccc2c(c1)CCN(c1ccccc1)C2(C)c1ccc(OCc2ccccc2)cc1. The molecule has 0 aromatic heterocycles. The summed E-state index contributed by atoms with van der Waals surface area (Å²) in [6.45, 7) is 3.83. The Morgan fingerprint density at radius 2 is 1.45 bits per heavy atom. The molecule has 0 saturated heterocycles. The first-order valence-corrected chi connectivity index (χ1v) is 11.5. The van der Waals surface area contributed by atoms with Gasteiger partial charge in [-0.05, 0) is 72.0 Å². The van der Waals surface area contributed by atoms with Crippen molar-refractivity contribution < 1.29 is 9.47 Å². The minimum atomic E-state index is -0.306. The molecule has 1 heterocycles. The molecule has 166 valence electrons. The summed E-state index contributed by atoms with van der Waals surface area (Å²) in [4.78, 5) is 2.52. The van der Waals surface area contributed by atoms with Crippen LogP contribution in [0.3, 0.4) is 0 Å². The van der Waals surface area contributed by atoms with Crippen LogP contribution in [0.15, 0.2) is 103 Å². The van der Waals surface area contributed by atoms with E-state index in [1.165, 1.54) is 27.9 Å². The fourth-order valence-corrected chi connectivity index (χ4v) is 4.90. The first kappa shape index (κ1) is 21.1. The lowest BCUT2D eigenvalue weighted by Crippen LogP contribution is -2.49. The lowest BCUT2D eigenvalue weighted by atomic mass is 9.76. The average molecular weight is 436 g/mol. The molecule has 1 aliphatic rings. The Morgan fingerprint density at radius 3 is 2.15 bits per heavy atom. The number of ether oxygens (including phenoxy) is 2. The third-order valence-electron chi connectivity index (χ3n) is 6.71. The smallest absolute Gasteiger partial charge is 0.119 e. The van der Waals surface area contributed by atoms with Gasteiger partial charge in [0.25, 0.3) is 0 Å². The van der Waals surface area contributed by atoms with Gasteiger partial charge in [-0.1, -0.05) is 66.7 Å². The molecule has 1 aliphatic heterocycles. The highest BCUT2D eigenvalue weighted by Crippen LogP contribution is 2.44. The van der Waals surface area contributed by atoms with Crippen molar-refractivity contribution in [3.05, 3.63) is 125 Å². The van der Waals surface area contributed by atoms with Crippen LogP contribution in [0.1, 0.15) is 29.2 Å². The summed E-state index contributed by atoms with van der Waals surface area (Å²) >= 11 is 0. The molecule has 3 heteroatoms. The molecule has 4 aromatic carbocycles. The van der Waals surface area contributed by atoms with E-state index in [1.807, 2.05) is 18.2 Å². The van der Waals surface area contributed by atoms with Gasteiger partial charge in [0.05, 0.1) is 12.6 Å². The number of para-hydroxylation sites is 1. The fourth-order valence-electron chi connectivity index (χ4n) is 4.90. The molecule has 5 rings (SSSR count). The Kier molecular flexibility index (Phi) is 5.78. The maximum Gasteiger partial charge on any atom is 0.119 e. The van der Waals surface area contributed by atoms with E-state index in [9.17, 15) is 0 Å². The Bertz CT molecular complexity index is 1210. The zero-order valence-electron chi connectivity index (χ0n) is 19.2. The standard InChI is InChI=1S/C30H29NO2/c1-30(25-13-15-27(16-14-25)33-22-23-9-5-3-6-10-23)29-18-17-28(32-2)21-24(29)19-20-31(30)26-11-7-4-8-12-26/h3-18,21H,19-20,22H2,1-2H3. The van der Waals surface area contributed by atoms with Crippen LogP contribution in [0.4, 0.5) is 5.69 Å². The quantitative estimate of drug-likeness (QED) is 0.341. The van der Waals surface area contributed by atoms with E-state index in [0.29, 0.717) is 6.61 Å². The Hall–Kier alpha value is -3.72. The zero-order valence-corrected chi connectivity index (χ0v) is 19.2. The van der Waals surface area contributed by atoms with Gasteiger partial charge in [0.15, 0.2) is 0 Å². The third kappa shape index (κ3) is 4.07. The van der Waals surface area contributed by atoms with Crippen molar-refractivity contribution in [1.82, 2.24) is 0 Å². The molecular formula is C30H29NO2. The van der Waals surface area contributed by atoms with E-state index in [2.05, 4.69) is 96.8 Å². The molecular weight excluding hydrogens is 406 g/mol. The molecule has 4 aromatic rings. The number of anilines is 1. The van der Waals surface area contributed by atoms with Gasteiger partial charge in [-0.2, -0.15) is 0 Å². The lowest BCUT2D eigenvalue weighted by Gasteiger charge is -2.48. The molecule has 3 nitrogen and oxygen atoms in total. The van der Waals surface area contributed by atoms with Crippen LogP contribution in [-0.4, -0.2) is 13.7 Å². The van der Waals surface area contributed by atoms with Crippen molar-refractivity contribution in [2.75, 3.05) is 18.6 Å². The van der Waals surface area contributed by atoms with Crippen LogP contribution in [0.25, 0.3) is 0 Å². The van der Waals surface area contributed by atoms with Crippen molar-refractivity contribution in [1.29, 1.82) is 0 Å². The van der Waals surface area contributed by atoms with Gasteiger partial charge in [-0.3, -0.25) is 0 Å². The van der Waals surface area contributed by atoms with Gasteiger partial charge >= 0.3 is 0 Å². The topological polar surface area (TPSA) is 21.7 Å². The molecule has 1 unspecified atom stereocenters. The second-order valence-corrected chi connectivity index (χ2v) is 8.63. The Morgan fingerprint density at radius 1 is 0.788 bits per heavy atom. The molecule has 0 radical (unpaired) electrons. The zero-order chi connectivity index (χ0) is 22.7. The lowest BCUT2D eigenvalue weighted by molar-refractivity contribution is 0.306. The van der Waals surface area contributed by atoms with Gasteiger partial charge in [-0.25, -0.2) is 0 Å². The molecule has 0 saturated carbocycles. The maximum atomic E-state index is 6.05.